The van der Waals surface area contributed by atoms with Gasteiger partial charge < -0.3 is 0 Å². The fraction of sp³-hybridized carbons (Fsp3) is 0. The van der Waals surface area contributed by atoms with Crippen LogP contribution in [0.25, 0.3) is 0 Å². The molecule has 0 aliphatic carbocycles. The molecule has 0 heterocycles. The van der Waals surface area contributed by atoms with Crippen molar-refractivity contribution >= 4 is 90.9 Å². The first kappa shape index (κ1) is 53.2. The van der Waals surface area contributed by atoms with Crippen LogP contribution in [0.15, 0.2) is 218 Å². The third-order valence-electron chi connectivity index (χ3n) is 9.76. The molecule has 0 spiro atoms. The zero-order chi connectivity index (χ0) is 49.3. The average molecular weight is 1120 g/mol. The van der Waals surface area contributed by atoms with Crippen LogP contribution in [-0.2, 0) is 15.1 Å². The third-order valence-corrected chi connectivity index (χ3v) is 17.1. The van der Waals surface area contributed by atoms with Crippen LogP contribution in [0.4, 0.5) is 39.5 Å². The average Bonchev–Trinajstić information content (AvgIpc) is 3.35. The third kappa shape index (κ3) is 15.9. The molecule has 0 aromatic heterocycles. The molecule has 0 nitrogen and oxygen atoms in total. The van der Waals surface area contributed by atoms with Gasteiger partial charge in [0.05, 0.1) is 0 Å². The van der Waals surface area contributed by atoms with Gasteiger partial charge in [0.1, 0.15) is 52.4 Å². The number of hydrogen-bond donors (Lipinski definition) is 0. The van der Waals surface area contributed by atoms with Crippen LogP contribution in [-0.4, -0.2) is 0 Å². The molecule has 0 saturated carbocycles. The van der Waals surface area contributed by atoms with E-state index in [1.807, 2.05) is 0 Å². The molecule has 69 heavy (non-hydrogen) atoms. The van der Waals surface area contributed by atoms with E-state index >= 15 is 0 Å². The summed E-state index contributed by atoms with van der Waals surface area (Å²) >= 11 is -0.346. The summed E-state index contributed by atoms with van der Waals surface area (Å²) in [5.74, 6) is -2.78. The number of benzene rings is 9. The summed E-state index contributed by atoms with van der Waals surface area (Å²) in [4.78, 5) is 0. The molecule has 352 valence electrons. The monoisotopic (exact) mass is 1120 g/mol. The maximum atomic E-state index is 13.2. The van der Waals surface area contributed by atoms with E-state index in [2.05, 4.69) is 0 Å². The normalized spacial score (nSPS) is 10.8. The van der Waals surface area contributed by atoms with E-state index in [-0.39, 0.29) is 67.5 Å². The molecule has 0 N–H and O–H groups in total. The van der Waals surface area contributed by atoms with Crippen LogP contribution in [0.1, 0.15) is 0 Å². The van der Waals surface area contributed by atoms with Crippen LogP contribution in [0, 0.1) is 52.4 Å². The van der Waals surface area contributed by atoms with Gasteiger partial charge in [0, 0.05) is 0 Å². The summed E-state index contributed by atoms with van der Waals surface area (Å²) in [5, 5.41) is 8.33. The predicted octanol–water partition coefficient (Wildman–Crippen LogP) is 13.0. The Morgan fingerprint density at radius 2 is 0.261 bits per heavy atom. The second-order valence-corrected chi connectivity index (χ2v) is 23.6. The predicted molar refractivity (Wildman–Crippen MR) is 267 cm³/mol. The van der Waals surface area contributed by atoms with Crippen LogP contribution >= 0.6 is 43.1 Å². The zero-order valence-electron chi connectivity index (χ0n) is 35.6. The Morgan fingerprint density at radius 1 is 0.188 bits per heavy atom. The van der Waals surface area contributed by atoms with Gasteiger partial charge in [0.15, 0.2) is 0 Å². The second-order valence-electron chi connectivity index (χ2n) is 14.3. The van der Waals surface area contributed by atoms with Crippen molar-refractivity contribution < 1.29 is 54.7 Å². The van der Waals surface area contributed by atoms with E-state index in [1.54, 1.807) is 109 Å². The van der Waals surface area contributed by atoms with E-state index in [1.165, 1.54) is 109 Å². The molecule has 0 saturated heterocycles. The van der Waals surface area contributed by atoms with Crippen molar-refractivity contribution in [2.45, 2.75) is 0 Å². The van der Waals surface area contributed by atoms with Gasteiger partial charge in [0.25, 0.3) is 0 Å². The van der Waals surface area contributed by atoms with Crippen LogP contribution in [0.2, 0.25) is 0 Å². The molecular formula is C54H36Cl2F9P3Ru. The molecule has 9 rings (SSSR count). The molecule has 15 heteroatoms. The summed E-state index contributed by atoms with van der Waals surface area (Å²) in [6.07, 6.45) is 0. The van der Waals surface area contributed by atoms with E-state index < -0.39 is 23.8 Å². The minimum atomic E-state index is -0.983. The summed E-state index contributed by atoms with van der Waals surface area (Å²) in [5.41, 5.74) is 0. The van der Waals surface area contributed by atoms with Crippen molar-refractivity contribution in [2.75, 3.05) is 0 Å². The van der Waals surface area contributed by atoms with Gasteiger partial charge in [-0.1, -0.05) is 109 Å². The fourth-order valence-corrected chi connectivity index (χ4v) is 13.4. The molecule has 9 aromatic carbocycles. The van der Waals surface area contributed by atoms with Crippen molar-refractivity contribution in [3.8, 4) is 0 Å². The van der Waals surface area contributed by atoms with Crippen molar-refractivity contribution in [1.29, 1.82) is 0 Å². The Bertz CT molecular complexity index is 2290. The van der Waals surface area contributed by atoms with E-state index in [0.29, 0.717) is 0 Å². The Morgan fingerprint density at radius 3 is 0.333 bits per heavy atom. The molecular weight excluding hydrogens is 1080 g/mol. The zero-order valence-corrected chi connectivity index (χ0v) is 41.6. The van der Waals surface area contributed by atoms with Gasteiger partial charge in [0.2, 0.25) is 0 Å². The Hall–Kier alpha value is -5.16. The first-order chi connectivity index (χ1) is 33.3. The number of hydrogen-bond acceptors (Lipinski definition) is 0. The number of halogens is 11. The fourth-order valence-electron chi connectivity index (χ4n) is 6.65. The topological polar surface area (TPSA) is 0 Å². The quantitative estimate of drug-likeness (QED) is 0.0768. The second kappa shape index (κ2) is 26.7. The van der Waals surface area contributed by atoms with Gasteiger partial charge in [-0.25, -0.2) is 39.5 Å². The van der Waals surface area contributed by atoms with Crippen molar-refractivity contribution in [1.82, 2.24) is 0 Å². The molecule has 0 fully saturated rings. The van der Waals surface area contributed by atoms with E-state index in [9.17, 15) is 39.5 Å². The SMILES string of the molecule is Fc1ccc(P(c2ccc(F)cc2)c2ccc(F)cc2)cc1.Fc1ccc(P(c2ccc(F)cc2)c2ccc(F)cc2)cc1.Fc1ccc(P(c2ccc(F)cc2)c2ccc(F)cc2)cc1.[Cl][Ru][Cl]. The summed E-state index contributed by atoms with van der Waals surface area (Å²) in [6, 6.07) is 56.1. The van der Waals surface area contributed by atoms with E-state index in [4.69, 9.17) is 19.4 Å². The van der Waals surface area contributed by atoms with Gasteiger partial charge in [-0.2, -0.15) is 0 Å². The molecule has 0 aliphatic heterocycles. The van der Waals surface area contributed by atoms with Crippen molar-refractivity contribution in [3.05, 3.63) is 271 Å². The van der Waals surface area contributed by atoms with E-state index in [0.717, 1.165) is 47.7 Å². The van der Waals surface area contributed by atoms with Crippen LogP contribution in [0.5, 0.6) is 0 Å². The standard InChI is InChI=1S/3C18H12F3P.2ClH.Ru/c3*19-13-1-7-16(8-2-13)22(17-9-3-14(20)4-10-17)18-11-5-15(21)6-12-18;;;/h3*1-12H;2*1H;/q;;;;;+2/p-2. The van der Waals surface area contributed by atoms with Crippen molar-refractivity contribution in [2.24, 2.45) is 0 Å². The summed E-state index contributed by atoms with van der Waals surface area (Å²) < 4.78 is 119. The molecule has 0 aliphatic rings. The Balaban J connectivity index is 0.000000165. The van der Waals surface area contributed by atoms with Gasteiger partial charge >= 0.3 is 34.5 Å². The molecule has 0 radical (unpaired) electrons. The Kier molecular flexibility index (Phi) is 20.6. The first-order valence-electron chi connectivity index (χ1n) is 20.4. The van der Waals surface area contributed by atoms with Gasteiger partial charge in [-0.3, -0.25) is 0 Å². The Labute approximate surface area is 413 Å². The molecule has 0 bridgehead atoms. The minimum absolute atomic E-state index is 0.308. The molecule has 0 atom stereocenters. The first-order valence-corrected chi connectivity index (χ1v) is 28.9. The summed E-state index contributed by atoms with van der Waals surface area (Å²) in [6.45, 7) is 0. The van der Waals surface area contributed by atoms with Gasteiger partial charge in [-0.15, -0.1) is 0 Å². The molecule has 9 aromatic rings. The van der Waals surface area contributed by atoms with Crippen molar-refractivity contribution in [3.63, 3.8) is 0 Å². The maximum absolute atomic E-state index is 13.2. The van der Waals surface area contributed by atoms with Crippen LogP contribution < -0.4 is 47.7 Å². The summed E-state index contributed by atoms with van der Waals surface area (Å²) in [7, 11) is 6.76. The van der Waals surface area contributed by atoms with Gasteiger partial charge in [-0.05, 0) is 181 Å². The molecule has 0 amide bonds. The number of rotatable bonds is 9. The molecule has 0 unspecified atom stereocenters. The van der Waals surface area contributed by atoms with Crippen LogP contribution in [0.3, 0.4) is 0 Å².